The topological polar surface area (TPSA) is 52.1 Å². The number of halogens is 6. The van der Waals surface area contributed by atoms with Gasteiger partial charge in [0.2, 0.25) is 0 Å². The molecule has 0 aliphatic carbocycles. The molecule has 0 saturated carbocycles. The molecule has 1 rings (SSSR count). The Morgan fingerprint density at radius 2 is 1.83 bits per heavy atom. The van der Waals surface area contributed by atoms with E-state index in [1.165, 1.54) is 13.2 Å². The second-order valence-electron chi connectivity index (χ2n) is 8.00. The van der Waals surface area contributed by atoms with Gasteiger partial charge in [0, 0.05) is 25.8 Å². The lowest BCUT2D eigenvalue weighted by atomic mass is 10.0. The average molecular weight is 513 g/mol. The number of nitrogens with one attached hydrogen (secondary N) is 1. The number of hydrogen-bond acceptors (Lipinski definition) is 5. The van der Waals surface area contributed by atoms with Crippen LogP contribution in [0.3, 0.4) is 0 Å². The Hall–Kier alpha value is -2.43. The fourth-order valence-electron chi connectivity index (χ4n) is 3.15. The molecule has 5 nitrogen and oxygen atoms in total. The highest BCUT2D eigenvalue weighted by Gasteiger charge is 2.32. The number of unbranched alkanes of at least 4 members (excludes halogenated alkanes) is 1. The van der Waals surface area contributed by atoms with Crippen LogP contribution in [0, 0.1) is 0 Å². The zero-order valence-corrected chi connectivity index (χ0v) is 20.4. The number of rotatable bonds is 15. The van der Waals surface area contributed by atoms with Crippen LogP contribution < -0.4 is 14.8 Å². The first-order valence-electron chi connectivity index (χ1n) is 11.4. The first-order chi connectivity index (χ1) is 16.4. The Morgan fingerprint density at radius 1 is 1.11 bits per heavy atom. The predicted octanol–water partition coefficient (Wildman–Crippen LogP) is 7.27. The van der Waals surface area contributed by atoms with Crippen molar-refractivity contribution in [3.63, 3.8) is 0 Å². The maximum Gasteiger partial charge on any atom is 0.416 e. The summed E-state index contributed by atoms with van der Waals surface area (Å²) in [6, 6.07) is 2.76. The van der Waals surface area contributed by atoms with E-state index in [2.05, 4.69) is 10.3 Å². The molecule has 1 aromatic rings. The number of ether oxygens (including phenoxy) is 3. The summed E-state index contributed by atoms with van der Waals surface area (Å²) in [6.45, 7) is 5.42. The van der Waals surface area contributed by atoms with E-state index in [0.29, 0.717) is 25.1 Å². The Morgan fingerprint density at radius 3 is 2.40 bits per heavy atom. The van der Waals surface area contributed by atoms with Crippen LogP contribution in [0.2, 0.25) is 0 Å². The number of methoxy groups -OCH3 is 1. The van der Waals surface area contributed by atoms with Crippen molar-refractivity contribution in [1.82, 2.24) is 5.32 Å². The van der Waals surface area contributed by atoms with Crippen LogP contribution in [0.25, 0.3) is 0 Å². The van der Waals surface area contributed by atoms with Crippen molar-refractivity contribution in [2.45, 2.75) is 83.8 Å². The minimum atomic E-state index is -4.54. The first kappa shape index (κ1) is 30.6. The molecule has 35 heavy (non-hydrogen) atoms. The highest BCUT2D eigenvalue weighted by Crippen LogP contribution is 2.37. The number of aliphatic imine (C=N–C) groups is 1. The largest absolute Gasteiger partial charge is 0.486 e. The molecule has 11 heteroatoms. The summed E-state index contributed by atoms with van der Waals surface area (Å²) in [4.78, 5) is 3.90. The Labute approximate surface area is 202 Å². The molecule has 0 heterocycles. The minimum absolute atomic E-state index is 0.0906. The van der Waals surface area contributed by atoms with Crippen LogP contribution in [-0.4, -0.2) is 38.4 Å². The molecule has 1 N–H and O–H groups in total. The zero-order valence-electron chi connectivity index (χ0n) is 20.4. The Balaban J connectivity index is 3.01. The molecule has 0 radical (unpaired) electrons. The highest BCUT2D eigenvalue weighted by atomic mass is 19.4. The number of alkyl halides is 6. The van der Waals surface area contributed by atoms with E-state index in [1.54, 1.807) is 6.08 Å². The van der Waals surface area contributed by atoms with Gasteiger partial charge in [0.05, 0.1) is 12.0 Å². The third-order valence-electron chi connectivity index (χ3n) is 4.74. The van der Waals surface area contributed by atoms with Gasteiger partial charge in [0.25, 0.3) is 0 Å². The van der Waals surface area contributed by atoms with Crippen molar-refractivity contribution in [3.8, 4) is 11.5 Å². The minimum Gasteiger partial charge on any atom is -0.486 e. The van der Waals surface area contributed by atoms with Crippen LogP contribution in [0.4, 0.5) is 26.3 Å². The highest BCUT2D eigenvalue weighted by molar-refractivity contribution is 5.59. The molecule has 200 valence electrons. The number of hydrogen-bond donors (Lipinski definition) is 1. The Kier molecular flexibility index (Phi) is 13.0. The van der Waals surface area contributed by atoms with Gasteiger partial charge in [-0.3, -0.25) is 0 Å². The molecular weight excluding hydrogens is 478 g/mol. The van der Waals surface area contributed by atoms with Crippen molar-refractivity contribution in [2.24, 2.45) is 4.99 Å². The van der Waals surface area contributed by atoms with Gasteiger partial charge < -0.3 is 19.5 Å². The maximum atomic E-state index is 13.1. The van der Waals surface area contributed by atoms with Crippen LogP contribution in [0.15, 0.2) is 35.1 Å². The summed E-state index contributed by atoms with van der Waals surface area (Å²) >= 11 is 0. The monoisotopic (exact) mass is 512 g/mol. The fourth-order valence-corrected chi connectivity index (χ4v) is 3.15. The second-order valence-corrected chi connectivity index (χ2v) is 8.00. The van der Waals surface area contributed by atoms with Crippen LogP contribution >= 0.6 is 0 Å². The maximum absolute atomic E-state index is 13.1. The molecule has 1 aromatic carbocycles. The lowest BCUT2D eigenvalue weighted by molar-refractivity contribution is -0.137. The van der Waals surface area contributed by atoms with E-state index in [9.17, 15) is 26.3 Å². The van der Waals surface area contributed by atoms with Crippen LogP contribution in [-0.2, 0) is 10.9 Å². The van der Waals surface area contributed by atoms with E-state index in [1.807, 2.05) is 20.8 Å². The quantitative estimate of drug-likeness (QED) is 0.153. The number of nitrogens with zero attached hydrogens (tertiary/aromatic N) is 1. The van der Waals surface area contributed by atoms with Gasteiger partial charge in [-0.2, -0.15) is 26.3 Å². The Bertz CT molecular complexity index is 809. The van der Waals surface area contributed by atoms with E-state index in [0.717, 1.165) is 31.2 Å². The molecular formula is C24H34F6N2O3. The molecule has 0 aliphatic heterocycles. The van der Waals surface area contributed by atoms with Gasteiger partial charge in [-0.1, -0.05) is 26.7 Å². The third kappa shape index (κ3) is 12.7. The lowest BCUT2D eigenvalue weighted by Gasteiger charge is -2.25. The van der Waals surface area contributed by atoms with Gasteiger partial charge in [-0.05, 0) is 44.0 Å². The summed E-state index contributed by atoms with van der Waals surface area (Å²) in [5.41, 5.74) is -0.873. The van der Waals surface area contributed by atoms with E-state index >= 15 is 0 Å². The standard InChI is InChI=1S/C24H34F6N2O3/c1-5-7-9-19(14-17(3)32-22(8-6-2)31-13-12-23(25,26)27)35-20-11-10-18(24(28,29)30)15-21(20)34-16-33-4/h8,10-11,13,15,17,19,32H,5-7,9,12,14,16H2,1-4H3/b22-8+,31-13-. The fraction of sp³-hybridized carbons (Fsp3) is 0.625. The van der Waals surface area contributed by atoms with E-state index < -0.39 is 24.3 Å². The first-order valence-corrected chi connectivity index (χ1v) is 11.4. The summed E-state index contributed by atoms with van der Waals surface area (Å²) < 4.78 is 92.9. The van der Waals surface area contributed by atoms with Crippen molar-refractivity contribution in [1.29, 1.82) is 0 Å². The summed E-state index contributed by atoms with van der Waals surface area (Å²) in [5, 5.41) is 3.09. The van der Waals surface area contributed by atoms with Crippen LogP contribution in [0.1, 0.15) is 64.9 Å². The van der Waals surface area contributed by atoms with E-state index in [4.69, 9.17) is 14.2 Å². The van der Waals surface area contributed by atoms with Crippen molar-refractivity contribution in [3.05, 3.63) is 35.7 Å². The number of allylic oxidation sites excluding steroid dienone is 1. The van der Waals surface area contributed by atoms with Gasteiger partial charge in [0.1, 0.15) is 11.9 Å². The van der Waals surface area contributed by atoms with Crippen molar-refractivity contribution in [2.75, 3.05) is 13.9 Å². The van der Waals surface area contributed by atoms with Crippen molar-refractivity contribution < 1.29 is 40.6 Å². The van der Waals surface area contributed by atoms with Gasteiger partial charge >= 0.3 is 12.4 Å². The third-order valence-corrected chi connectivity index (χ3v) is 4.74. The van der Waals surface area contributed by atoms with Gasteiger partial charge in [0.15, 0.2) is 18.3 Å². The smallest absolute Gasteiger partial charge is 0.416 e. The molecule has 0 aliphatic rings. The average Bonchev–Trinajstić information content (AvgIpc) is 2.75. The van der Waals surface area contributed by atoms with Gasteiger partial charge in [-0.25, -0.2) is 4.99 Å². The zero-order chi connectivity index (χ0) is 26.5. The molecule has 0 bridgehead atoms. The predicted molar refractivity (Wildman–Crippen MR) is 123 cm³/mol. The molecule has 2 atom stereocenters. The van der Waals surface area contributed by atoms with E-state index in [-0.39, 0.29) is 30.4 Å². The lowest BCUT2D eigenvalue weighted by Crippen LogP contribution is -2.32. The molecule has 0 amide bonds. The normalized spacial score (nSPS) is 14.7. The summed E-state index contributed by atoms with van der Waals surface area (Å²) in [7, 11) is 1.35. The molecule has 0 saturated heterocycles. The SMILES string of the molecule is CC/C=C(\N=C/CC(F)(F)F)NC(C)CC(CCCC)Oc1ccc(C(F)(F)F)cc1OCOC. The second kappa shape index (κ2) is 14.9. The van der Waals surface area contributed by atoms with Crippen LogP contribution in [0.5, 0.6) is 11.5 Å². The molecule has 2 unspecified atom stereocenters. The van der Waals surface area contributed by atoms with Gasteiger partial charge in [-0.15, -0.1) is 0 Å². The van der Waals surface area contributed by atoms with Crippen molar-refractivity contribution >= 4 is 6.21 Å². The summed E-state index contributed by atoms with van der Waals surface area (Å²) in [5.74, 6) is 0.375. The molecule has 0 fully saturated rings. The molecule has 0 spiro atoms. The number of benzene rings is 1. The molecule has 0 aromatic heterocycles. The summed E-state index contributed by atoms with van der Waals surface area (Å²) in [6.07, 6.45) is -4.60.